The average Bonchev–Trinajstić information content (AvgIpc) is 2.52. The summed E-state index contributed by atoms with van der Waals surface area (Å²) in [7, 11) is 0. The van der Waals surface area contributed by atoms with Gasteiger partial charge in [-0.05, 0) is 36.4 Å². The first-order valence-corrected chi connectivity index (χ1v) is 7.43. The number of ether oxygens (including phenoxy) is 1. The fourth-order valence-corrected chi connectivity index (χ4v) is 2.59. The van der Waals surface area contributed by atoms with E-state index in [0.717, 1.165) is 5.39 Å². The lowest BCUT2D eigenvalue weighted by molar-refractivity contribution is 0.0921. The summed E-state index contributed by atoms with van der Waals surface area (Å²) < 4.78 is 10.5. The number of Topliss-reactive ketones (excluding diaryl/α,β-unsaturated/α-hetero) is 1. The fourth-order valence-electron chi connectivity index (χ4n) is 2.07. The number of carbonyl (C=O) groups excluding carboxylic acids is 1. The predicted molar refractivity (Wildman–Crippen MR) is 88.8 cm³/mol. The number of ketones is 1. The van der Waals surface area contributed by atoms with Crippen molar-refractivity contribution in [1.29, 1.82) is 0 Å². The Balaban J connectivity index is 1.77. The molecule has 0 spiro atoms. The van der Waals surface area contributed by atoms with E-state index in [1.807, 2.05) is 0 Å². The summed E-state index contributed by atoms with van der Waals surface area (Å²) in [6.45, 7) is -0.191. The van der Waals surface area contributed by atoms with Crippen LogP contribution in [0.4, 0.5) is 0 Å². The van der Waals surface area contributed by atoms with Gasteiger partial charge in [0.15, 0.2) is 6.61 Å². The van der Waals surface area contributed by atoms with Crippen molar-refractivity contribution in [3.63, 3.8) is 0 Å². The molecule has 0 aliphatic heterocycles. The molecule has 0 atom stereocenters. The molecule has 116 valence electrons. The zero-order valence-electron chi connectivity index (χ0n) is 11.7. The molecule has 0 bridgehead atoms. The van der Waals surface area contributed by atoms with Gasteiger partial charge in [0.2, 0.25) is 5.78 Å². The van der Waals surface area contributed by atoms with E-state index in [2.05, 4.69) is 0 Å². The molecule has 0 radical (unpaired) electrons. The van der Waals surface area contributed by atoms with E-state index in [1.165, 1.54) is 12.1 Å². The molecule has 0 saturated heterocycles. The maximum absolute atomic E-state index is 12.1. The maximum Gasteiger partial charge on any atom is 0.336 e. The van der Waals surface area contributed by atoms with Crippen LogP contribution >= 0.6 is 23.2 Å². The first kappa shape index (κ1) is 15.6. The van der Waals surface area contributed by atoms with Crippen molar-refractivity contribution in [3.05, 3.63) is 74.6 Å². The van der Waals surface area contributed by atoms with Crippen LogP contribution in [0.25, 0.3) is 11.0 Å². The molecular formula is C17H10Cl2O4. The number of hydrogen-bond donors (Lipinski definition) is 0. The fraction of sp³-hybridized carbons (Fsp3) is 0.0588. The van der Waals surface area contributed by atoms with Gasteiger partial charge in [0.1, 0.15) is 11.3 Å². The summed E-state index contributed by atoms with van der Waals surface area (Å²) in [5.41, 5.74) is 0.286. The molecule has 2 aromatic carbocycles. The van der Waals surface area contributed by atoms with Crippen LogP contribution in [0.2, 0.25) is 10.0 Å². The Morgan fingerprint density at radius 1 is 1.04 bits per heavy atom. The number of hydrogen-bond acceptors (Lipinski definition) is 4. The molecule has 0 unspecified atom stereocenters. The molecule has 0 N–H and O–H groups in total. The van der Waals surface area contributed by atoms with E-state index < -0.39 is 5.63 Å². The Kier molecular flexibility index (Phi) is 4.37. The van der Waals surface area contributed by atoms with E-state index in [0.29, 0.717) is 21.9 Å². The number of benzene rings is 2. The van der Waals surface area contributed by atoms with E-state index in [1.54, 1.807) is 36.4 Å². The first-order valence-electron chi connectivity index (χ1n) is 6.68. The standard InChI is InChI=1S/C17H10Cl2O4/c18-11-3-5-13(14(19)7-11)15(20)9-22-12-4-1-10-2-6-17(21)23-16(10)8-12/h1-8H,9H2. The van der Waals surface area contributed by atoms with Crippen LogP contribution in [-0.4, -0.2) is 12.4 Å². The summed E-state index contributed by atoms with van der Waals surface area (Å²) in [6.07, 6.45) is 0. The quantitative estimate of drug-likeness (QED) is 0.519. The summed E-state index contributed by atoms with van der Waals surface area (Å²) in [4.78, 5) is 23.4. The monoisotopic (exact) mass is 348 g/mol. The lowest BCUT2D eigenvalue weighted by atomic mass is 10.1. The number of halogens is 2. The Hall–Kier alpha value is -2.30. The predicted octanol–water partition coefficient (Wildman–Crippen LogP) is 4.36. The van der Waals surface area contributed by atoms with Crippen molar-refractivity contribution >= 4 is 40.0 Å². The third-order valence-corrected chi connectivity index (χ3v) is 3.74. The number of carbonyl (C=O) groups is 1. The van der Waals surface area contributed by atoms with Crippen LogP contribution in [0, 0.1) is 0 Å². The largest absolute Gasteiger partial charge is 0.485 e. The van der Waals surface area contributed by atoms with Crippen LogP contribution in [0.15, 0.2) is 57.7 Å². The summed E-state index contributed by atoms with van der Waals surface area (Å²) in [6, 6.07) is 12.6. The van der Waals surface area contributed by atoms with Gasteiger partial charge in [0.25, 0.3) is 0 Å². The Labute approximate surface area is 141 Å². The molecule has 1 aromatic heterocycles. The smallest absolute Gasteiger partial charge is 0.336 e. The molecule has 4 nitrogen and oxygen atoms in total. The SMILES string of the molecule is O=C(COc1ccc2ccc(=O)oc2c1)c1ccc(Cl)cc1Cl. The maximum atomic E-state index is 12.1. The van der Waals surface area contributed by atoms with E-state index in [9.17, 15) is 9.59 Å². The zero-order chi connectivity index (χ0) is 16.4. The molecule has 3 aromatic rings. The third-order valence-electron chi connectivity index (χ3n) is 3.20. The minimum absolute atomic E-state index is 0.191. The van der Waals surface area contributed by atoms with Gasteiger partial charge >= 0.3 is 5.63 Å². The molecule has 0 saturated carbocycles. The van der Waals surface area contributed by atoms with Gasteiger partial charge in [-0.25, -0.2) is 4.79 Å². The molecular weight excluding hydrogens is 339 g/mol. The van der Waals surface area contributed by atoms with E-state index in [4.69, 9.17) is 32.4 Å². The first-order chi connectivity index (χ1) is 11.0. The average molecular weight is 349 g/mol. The van der Waals surface area contributed by atoms with Gasteiger partial charge in [0, 0.05) is 28.1 Å². The van der Waals surface area contributed by atoms with Crippen molar-refractivity contribution in [2.45, 2.75) is 0 Å². The van der Waals surface area contributed by atoms with Crippen LogP contribution in [0.1, 0.15) is 10.4 Å². The molecule has 1 heterocycles. The van der Waals surface area contributed by atoms with Crippen molar-refractivity contribution in [3.8, 4) is 5.75 Å². The van der Waals surface area contributed by atoms with Gasteiger partial charge in [-0.1, -0.05) is 23.2 Å². The highest BCUT2D eigenvalue weighted by atomic mass is 35.5. The van der Waals surface area contributed by atoms with Crippen molar-refractivity contribution in [1.82, 2.24) is 0 Å². The lowest BCUT2D eigenvalue weighted by Crippen LogP contribution is -2.12. The van der Waals surface area contributed by atoms with Crippen LogP contribution in [0.5, 0.6) is 5.75 Å². The van der Waals surface area contributed by atoms with Gasteiger partial charge in [-0.2, -0.15) is 0 Å². The van der Waals surface area contributed by atoms with Gasteiger partial charge in [0.05, 0.1) is 5.02 Å². The molecule has 0 amide bonds. The Morgan fingerprint density at radius 2 is 1.83 bits per heavy atom. The topological polar surface area (TPSA) is 56.5 Å². The summed E-state index contributed by atoms with van der Waals surface area (Å²) >= 11 is 11.8. The minimum Gasteiger partial charge on any atom is -0.485 e. The Morgan fingerprint density at radius 3 is 2.61 bits per heavy atom. The van der Waals surface area contributed by atoms with Crippen LogP contribution in [0.3, 0.4) is 0 Å². The van der Waals surface area contributed by atoms with Gasteiger partial charge in [-0.15, -0.1) is 0 Å². The zero-order valence-corrected chi connectivity index (χ0v) is 13.2. The number of fused-ring (bicyclic) bond motifs is 1. The lowest BCUT2D eigenvalue weighted by Gasteiger charge is -2.07. The highest BCUT2D eigenvalue weighted by Gasteiger charge is 2.12. The molecule has 23 heavy (non-hydrogen) atoms. The highest BCUT2D eigenvalue weighted by Crippen LogP contribution is 2.23. The molecule has 0 aliphatic carbocycles. The highest BCUT2D eigenvalue weighted by molar-refractivity contribution is 6.36. The molecule has 6 heteroatoms. The third kappa shape index (κ3) is 3.55. The molecule has 3 rings (SSSR count). The number of rotatable bonds is 4. The van der Waals surface area contributed by atoms with Crippen LogP contribution < -0.4 is 10.4 Å². The van der Waals surface area contributed by atoms with E-state index in [-0.39, 0.29) is 17.4 Å². The summed E-state index contributed by atoms with van der Waals surface area (Å²) in [5, 5.41) is 1.50. The van der Waals surface area contributed by atoms with Crippen molar-refractivity contribution in [2.75, 3.05) is 6.61 Å². The Bertz CT molecular complexity index is 947. The second kappa shape index (κ2) is 6.44. The molecule has 0 aliphatic rings. The van der Waals surface area contributed by atoms with E-state index >= 15 is 0 Å². The normalized spacial score (nSPS) is 10.7. The van der Waals surface area contributed by atoms with Gasteiger partial charge in [-0.3, -0.25) is 4.79 Å². The minimum atomic E-state index is -0.446. The second-order valence-electron chi connectivity index (χ2n) is 4.79. The second-order valence-corrected chi connectivity index (χ2v) is 5.63. The summed E-state index contributed by atoms with van der Waals surface area (Å²) in [5.74, 6) is 0.145. The van der Waals surface area contributed by atoms with Crippen molar-refractivity contribution < 1.29 is 13.9 Å². The molecule has 0 fully saturated rings. The van der Waals surface area contributed by atoms with Crippen LogP contribution in [-0.2, 0) is 0 Å². The van der Waals surface area contributed by atoms with Gasteiger partial charge < -0.3 is 9.15 Å². The van der Waals surface area contributed by atoms with Crippen molar-refractivity contribution in [2.24, 2.45) is 0 Å².